The summed E-state index contributed by atoms with van der Waals surface area (Å²) in [5.41, 5.74) is 13.4. The van der Waals surface area contributed by atoms with Crippen molar-refractivity contribution in [2.24, 2.45) is 0 Å². The molecule has 0 bridgehead atoms. The van der Waals surface area contributed by atoms with Gasteiger partial charge in [-0.05, 0) is 68.8 Å². The normalized spacial score (nSPS) is 11.7. The van der Waals surface area contributed by atoms with E-state index in [2.05, 4.69) is 231 Å². The van der Waals surface area contributed by atoms with E-state index in [9.17, 15) is 10.2 Å². The van der Waals surface area contributed by atoms with Crippen LogP contribution in [0.15, 0.2) is 212 Å². The molecule has 0 radical (unpaired) electrons. The molecule has 3 nitrogen and oxygen atoms in total. The molecule has 0 fully saturated rings. The fraction of sp³-hybridized carbons (Fsp3) is 0.179. The second-order valence-electron chi connectivity index (χ2n) is 20.3. The van der Waals surface area contributed by atoms with Crippen LogP contribution in [0.1, 0.15) is 99.9 Å². The maximum atomic E-state index is 12.7. The number of hydrogen-bond acceptors (Lipinski definition) is 3. The third-order valence-corrected chi connectivity index (χ3v) is 14.7. The van der Waals surface area contributed by atoms with Crippen LogP contribution in [0, 0.1) is 14.9 Å². The topological polar surface area (TPSA) is 53.4 Å². The molecule has 0 aliphatic rings. The molecule has 1 aromatic heterocycles. The Morgan fingerprint density at radius 3 is 0.859 bits per heavy atom. The minimum atomic E-state index is -0.519. The Hall–Kier alpha value is -6.61. The van der Waals surface area contributed by atoms with Crippen molar-refractivity contribution in [1.29, 1.82) is 0 Å². The molecule has 0 saturated heterocycles. The van der Waals surface area contributed by atoms with Crippen LogP contribution in [-0.4, -0.2) is 15.2 Å². The molecule has 0 aliphatic heterocycles. The van der Waals surface area contributed by atoms with Crippen LogP contribution in [0.2, 0.25) is 0 Å². The first-order chi connectivity index (χ1) is 32.6. The average molecular weight is 1010 g/mol. The zero-order chi connectivity index (χ0) is 47.8. The fourth-order valence-corrected chi connectivity index (χ4v) is 10.0. The molecule has 9 aromatic rings. The van der Waals surface area contributed by atoms with E-state index in [1.54, 1.807) is 0 Å². The van der Waals surface area contributed by atoms with E-state index in [1.807, 2.05) is 36.4 Å². The minimum absolute atomic E-state index is 0. The number of rotatable bonds is 12. The van der Waals surface area contributed by atoms with E-state index >= 15 is 0 Å². The molecule has 0 unspecified atom stereocenters. The second kappa shape index (κ2) is 21.4. The maximum absolute atomic E-state index is 12.7. The van der Waals surface area contributed by atoms with Gasteiger partial charge in [0.05, 0.1) is 11.4 Å². The number of pyridine rings is 1. The second-order valence-corrected chi connectivity index (χ2v) is 20.3. The average Bonchev–Trinajstić information content (AvgIpc) is 3.37. The number of aromatic hydroxyl groups is 2. The van der Waals surface area contributed by atoms with Crippen molar-refractivity contribution in [3.63, 3.8) is 0 Å². The van der Waals surface area contributed by atoms with Gasteiger partial charge in [0.15, 0.2) is 0 Å². The van der Waals surface area contributed by atoms with Crippen LogP contribution in [0.5, 0.6) is 11.5 Å². The number of aromatic nitrogens is 1. The van der Waals surface area contributed by atoms with Gasteiger partial charge in [-0.1, -0.05) is 243 Å². The van der Waals surface area contributed by atoms with Gasteiger partial charge in [-0.2, -0.15) is 0 Å². The van der Waals surface area contributed by atoms with Crippen LogP contribution >= 0.6 is 0 Å². The van der Waals surface area contributed by atoms with Crippen molar-refractivity contribution in [2.45, 2.75) is 77.0 Å². The summed E-state index contributed by atoms with van der Waals surface area (Å²) in [5, 5.41) is 25.3. The molecule has 0 atom stereocenters. The number of benzene rings is 8. The zero-order valence-electron chi connectivity index (χ0n) is 43.0. The van der Waals surface area contributed by atoms with Gasteiger partial charge in [-0.15, -0.1) is 0 Å². The molecular weight excluding hydrogens is 942 g/mol. The summed E-state index contributed by atoms with van der Waals surface area (Å²) in [5.74, 6) is 0.506. The molecule has 0 amide bonds. The number of phenols is 2. The summed E-state index contributed by atoms with van der Waals surface area (Å²) in [6.45, 7) is 17.8. The van der Waals surface area contributed by atoms with Gasteiger partial charge in [-0.3, -0.25) is 0 Å². The molecule has 2 N–H and O–H groups in total. The van der Waals surface area contributed by atoms with Crippen molar-refractivity contribution >= 4 is 0 Å². The van der Waals surface area contributed by atoms with Gasteiger partial charge in [0.1, 0.15) is 11.5 Å². The summed E-state index contributed by atoms with van der Waals surface area (Å²) in [6.07, 6.45) is 0. The van der Waals surface area contributed by atoms with Gasteiger partial charge in [0.25, 0.3) is 0 Å². The minimum Gasteiger partial charge on any atom is -0.507 e. The first-order valence-electron chi connectivity index (χ1n) is 23.7. The van der Waals surface area contributed by atoms with Crippen LogP contribution in [-0.2, 0) is 47.9 Å². The molecule has 9 rings (SSSR count). The van der Waals surface area contributed by atoms with E-state index in [1.165, 1.54) is 11.1 Å². The van der Waals surface area contributed by atoms with Gasteiger partial charge in [-0.25, -0.2) is 4.98 Å². The van der Waals surface area contributed by atoms with Crippen LogP contribution in [0.4, 0.5) is 0 Å². The Labute approximate surface area is 443 Å². The molecule has 0 saturated carbocycles. The van der Waals surface area contributed by atoms with Crippen LogP contribution in [0.3, 0.4) is 0 Å². The SMILES string of the molecule is CC(C)(c1ccccc1)c1cc(-c2ccccc2-c2cccc(-c3ccccc3-c3cc(C(C)(C)c4ccccc4)cc(C(C)(C)c4ccccc4)c3O)n2)c(O)c(C(C)(C)c2ccccc2)c1.[CH3-].[CH3-].[Zr]. The van der Waals surface area contributed by atoms with Gasteiger partial charge < -0.3 is 25.1 Å². The standard InChI is InChI=1S/C65H61NO2.2CH3.Zr/c1-62(2,44-26-13-9-14-27-44)48-40-54(60(67)56(42-48)64(5,6)46-30-17-11-18-31-46)50-34-21-23-36-52(50)58-38-25-39-59(66-58)53-37-24-22-35-51(53)55-41-49(63(3,4)45-28-15-10-16-29-45)43-57(61(55)68)65(7,8)47-32-19-12-20-33-47;;;/h9-43,67-68H,1-8H3;2*1H3;/q;2*-1;. The molecule has 4 heteroatoms. The Morgan fingerprint density at radius 2 is 0.549 bits per heavy atom. The van der Waals surface area contributed by atoms with Crippen molar-refractivity contribution < 1.29 is 36.4 Å². The van der Waals surface area contributed by atoms with E-state index in [4.69, 9.17) is 4.98 Å². The van der Waals surface area contributed by atoms with Gasteiger partial charge in [0, 0.05) is 81.2 Å². The Bertz CT molecular complexity index is 3010. The number of hydrogen-bond donors (Lipinski definition) is 2. The number of phenolic OH excluding ortho intramolecular Hbond substituents is 2. The smallest absolute Gasteiger partial charge is 0.127 e. The van der Waals surface area contributed by atoms with Crippen molar-refractivity contribution in [3.05, 3.63) is 272 Å². The fourth-order valence-electron chi connectivity index (χ4n) is 10.0. The van der Waals surface area contributed by atoms with Gasteiger partial charge >= 0.3 is 0 Å². The van der Waals surface area contributed by atoms with Crippen LogP contribution < -0.4 is 0 Å². The third-order valence-electron chi connectivity index (χ3n) is 14.7. The molecule has 358 valence electrons. The molecule has 1 heterocycles. The summed E-state index contributed by atoms with van der Waals surface area (Å²) in [7, 11) is 0. The third kappa shape index (κ3) is 10.2. The first-order valence-corrected chi connectivity index (χ1v) is 23.7. The molecule has 71 heavy (non-hydrogen) atoms. The van der Waals surface area contributed by atoms with E-state index in [0.29, 0.717) is 0 Å². The summed E-state index contributed by atoms with van der Waals surface area (Å²) >= 11 is 0. The number of nitrogens with zero attached hydrogens (tertiary/aromatic N) is 1. The van der Waals surface area contributed by atoms with Crippen molar-refractivity contribution in [3.8, 4) is 56.3 Å². The Kier molecular flexibility index (Phi) is 16.2. The molecule has 0 spiro atoms. The summed E-state index contributed by atoms with van der Waals surface area (Å²) < 4.78 is 0. The molecular formula is C67H67NO2Zr-2. The van der Waals surface area contributed by atoms with E-state index < -0.39 is 10.8 Å². The van der Waals surface area contributed by atoms with E-state index in [-0.39, 0.29) is 63.4 Å². The monoisotopic (exact) mass is 1010 g/mol. The van der Waals surface area contributed by atoms with Gasteiger partial charge in [0.2, 0.25) is 0 Å². The maximum Gasteiger partial charge on any atom is 0.127 e. The first kappa shape index (κ1) is 53.7. The van der Waals surface area contributed by atoms with Crippen molar-refractivity contribution in [1.82, 2.24) is 4.98 Å². The zero-order valence-corrected chi connectivity index (χ0v) is 45.5. The Morgan fingerprint density at radius 1 is 0.282 bits per heavy atom. The molecule has 8 aromatic carbocycles. The predicted molar refractivity (Wildman–Crippen MR) is 296 cm³/mol. The van der Waals surface area contributed by atoms with E-state index in [0.717, 1.165) is 78.1 Å². The van der Waals surface area contributed by atoms with Crippen molar-refractivity contribution in [2.75, 3.05) is 0 Å². The quantitative estimate of drug-likeness (QED) is 0.120. The van der Waals surface area contributed by atoms with Crippen LogP contribution in [0.25, 0.3) is 44.8 Å². The summed E-state index contributed by atoms with van der Waals surface area (Å²) in [6, 6.07) is 73.5. The summed E-state index contributed by atoms with van der Waals surface area (Å²) in [4.78, 5) is 5.46. The predicted octanol–water partition coefficient (Wildman–Crippen LogP) is 17.4. The Balaban J connectivity index is 0.00000275. The molecule has 0 aliphatic carbocycles. The largest absolute Gasteiger partial charge is 0.507 e.